The number of hydrogen-bond acceptors (Lipinski definition) is 0. The summed E-state index contributed by atoms with van der Waals surface area (Å²) in [5, 5.41) is 0. The predicted molar refractivity (Wildman–Crippen MR) is 129 cm³/mol. The van der Waals surface area contributed by atoms with Crippen LogP contribution in [-0.2, 0) is 0 Å². The summed E-state index contributed by atoms with van der Waals surface area (Å²) in [6.45, 7) is 18.2. The van der Waals surface area contributed by atoms with Crippen LogP contribution in [0.15, 0.2) is 11.6 Å². The molecule has 0 spiro atoms. The monoisotopic (exact) mass is 390 g/mol. The standard InChI is InChI=1S/C24H40.2C2H6.H2/c1-17(2)8-9-19-11-13-21-20-12-10-18-7-5-6-15-23(18,3)22(20)14-16-24(19,21)4;2*1-2;/h10,17,19-22H,5-9,11-16H2,1-4H3;2*1-2H3;1H. The van der Waals surface area contributed by atoms with Crippen LogP contribution in [0.1, 0.15) is 127 Å². The highest BCUT2D eigenvalue weighted by Gasteiger charge is 2.57. The largest absolute Gasteiger partial charge is 0.0845 e. The van der Waals surface area contributed by atoms with Crippen LogP contribution < -0.4 is 0 Å². The highest BCUT2D eigenvalue weighted by atomic mass is 14.6. The van der Waals surface area contributed by atoms with Crippen LogP contribution in [0.25, 0.3) is 0 Å². The van der Waals surface area contributed by atoms with Crippen LogP contribution in [0.4, 0.5) is 0 Å². The predicted octanol–water partition coefficient (Wildman–Crippen LogP) is 9.69. The van der Waals surface area contributed by atoms with Crippen LogP contribution in [0.5, 0.6) is 0 Å². The molecule has 0 aromatic rings. The summed E-state index contributed by atoms with van der Waals surface area (Å²) in [7, 11) is 0. The summed E-state index contributed by atoms with van der Waals surface area (Å²) >= 11 is 0. The van der Waals surface area contributed by atoms with E-state index < -0.39 is 0 Å². The average Bonchev–Trinajstić information content (AvgIpc) is 3.05. The Morgan fingerprint density at radius 3 is 2.36 bits per heavy atom. The van der Waals surface area contributed by atoms with Gasteiger partial charge in [-0.15, -0.1) is 0 Å². The first kappa shape index (κ1) is 24.0. The summed E-state index contributed by atoms with van der Waals surface area (Å²) in [4.78, 5) is 0. The van der Waals surface area contributed by atoms with Crippen molar-refractivity contribution < 1.29 is 1.43 Å². The second kappa shape index (κ2) is 10.2. The first-order chi connectivity index (χ1) is 13.4. The van der Waals surface area contributed by atoms with Crippen molar-refractivity contribution in [2.45, 2.75) is 126 Å². The summed E-state index contributed by atoms with van der Waals surface area (Å²) in [5.41, 5.74) is 3.12. The molecule has 4 aliphatic carbocycles. The molecule has 0 amide bonds. The van der Waals surface area contributed by atoms with E-state index in [0.717, 1.165) is 29.6 Å². The molecule has 4 aliphatic rings. The Kier molecular flexibility index (Phi) is 8.72. The molecule has 0 N–H and O–H groups in total. The lowest BCUT2D eigenvalue weighted by molar-refractivity contribution is -0.0428. The van der Waals surface area contributed by atoms with Crippen LogP contribution >= 0.6 is 0 Å². The lowest BCUT2D eigenvalue weighted by Gasteiger charge is -2.57. The highest BCUT2D eigenvalue weighted by molar-refractivity contribution is 5.24. The van der Waals surface area contributed by atoms with Crippen molar-refractivity contribution in [3.63, 3.8) is 0 Å². The van der Waals surface area contributed by atoms with E-state index in [2.05, 4.69) is 33.8 Å². The van der Waals surface area contributed by atoms with E-state index in [1.54, 1.807) is 6.42 Å². The van der Waals surface area contributed by atoms with E-state index >= 15 is 0 Å². The van der Waals surface area contributed by atoms with E-state index in [1.165, 1.54) is 64.2 Å². The Hall–Kier alpha value is -0.260. The first-order valence-electron chi connectivity index (χ1n) is 13.1. The van der Waals surface area contributed by atoms with Gasteiger partial charge in [-0.1, -0.05) is 79.9 Å². The van der Waals surface area contributed by atoms with Gasteiger partial charge in [-0.3, -0.25) is 0 Å². The molecule has 0 radical (unpaired) electrons. The van der Waals surface area contributed by atoms with Crippen LogP contribution in [0.2, 0.25) is 0 Å². The van der Waals surface area contributed by atoms with Crippen molar-refractivity contribution in [1.82, 2.24) is 0 Å². The molecule has 6 atom stereocenters. The molecule has 0 aliphatic heterocycles. The van der Waals surface area contributed by atoms with Crippen molar-refractivity contribution in [3.05, 3.63) is 11.6 Å². The molecule has 0 heteroatoms. The van der Waals surface area contributed by atoms with Gasteiger partial charge in [-0.2, -0.15) is 0 Å². The summed E-state index contributed by atoms with van der Waals surface area (Å²) < 4.78 is 0. The molecular weight excluding hydrogens is 336 g/mol. The van der Waals surface area contributed by atoms with Gasteiger partial charge in [0, 0.05) is 1.43 Å². The lowest BCUT2D eigenvalue weighted by Crippen LogP contribution is -2.49. The van der Waals surface area contributed by atoms with Crippen molar-refractivity contribution >= 4 is 0 Å². The summed E-state index contributed by atoms with van der Waals surface area (Å²) in [6.07, 6.45) is 19.1. The topological polar surface area (TPSA) is 0 Å². The van der Waals surface area contributed by atoms with Gasteiger partial charge < -0.3 is 0 Å². The lowest BCUT2D eigenvalue weighted by atomic mass is 9.47. The molecule has 6 unspecified atom stereocenters. The maximum absolute atomic E-state index is 2.73. The fraction of sp³-hybridized carbons (Fsp3) is 0.929. The van der Waals surface area contributed by atoms with Gasteiger partial charge in [0.1, 0.15) is 0 Å². The fourth-order valence-electron chi connectivity index (χ4n) is 7.82. The third-order valence-electron chi connectivity index (χ3n) is 9.31. The Morgan fingerprint density at radius 1 is 0.964 bits per heavy atom. The van der Waals surface area contributed by atoms with Crippen molar-refractivity contribution in [2.75, 3.05) is 0 Å². The van der Waals surface area contributed by atoms with Gasteiger partial charge in [-0.25, -0.2) is 0 Å². The van der Waals surface area contributed by atoms with Crippen molar-refractivity contribution in [1.29, 1.82) is 0 Å². The van der Waals surface area contributed by atoms with Gasteiger partial charge in [0.2, 0.25) is 0 Å². The number of fused-ring (bicyclic) bond motifs is 5. The number of rotatable bonds is 3. The maximum Gasteiger partial charge on any atom is 0 e. The third-order valence-corrected chi connectivity index (χ3v) is 9.31. The molecule has 0 aromatic carbocycles. The Labute approximate surface area is 179 Å². The van der Waals surface area contributed by atoms with Gasteiger partial charge in [0.15, 0.2) is 0 Å². The SMILES string of the molecule is CC.CC.CC(C)CCC1CCC2C3CC=C4CCCCC4(C)C3CCC12C.[HH]. The van der Waals surface area contributed by atoms with Crippen LogP contribution in [-0.4, -0.2) is 0 Å². The first-order valence-corrected chi connectivity index (χ1v) is 13.1. The van der Waals surface area contributed by atoms with Crippen LogP contribution in [0, 0.1) is 40.4 Å². The van der Waals surface area contributed by atoms with E-state index in [1.807, 2.05) is 33.3 Å². The molecule has 4 rings (SSSR count). The molecular formula is C28H54. The highest BCUT2D eigenvalue weighted by Crippen LogP contribution is 2.66. The minimum absolute atomic E-state index is 0. The Bertz CT molecular complexity index is 506. The van der Waals surface area contributed by atoms with Gasteiger partial charge in [0.05, 0.1) is 0 Å². The molecule has 0 bridgehead atoms. The molecule has 0 nitrogen and oxygen atoms in total. The molecule has 0 heterocycles. The van der Waals surface area contributed by atoms with Gasteiger partial charge in [-0.05, 0) is 98.2 Å². The smallest absolute Gasteiger partial charge is 0 e. The minimum Gasteiger partial charge on any atom is -0.0845 e. The second-order valence-electron chi connectivity index (χ2n) is 10.8. The maximum atomic E-state index is 2.73. The van der Waals surface area contributed by atoms with Gasteiger partial charge >= 0.3 is 0 Å². The molecule has 166 valence electrons. The molecule has 3 saturated carbocycles. The van der Waals surface area contributed by atoms with Crippen molar-refractivity contribution in [3.8, 4) is 0 Å². The quantitative estimate of drug-likeness (QED) is 0.421. The number of hydrogen-bond donors (Lipinski definition) is 0. The Morgan fingerprint density at radius 2 is 1.68 bits per heavy atom. The summed E-state index contributed by atoms with van der Waals surface area (Å²) in [6, 6.07) is 0. The van der Waals surface area contributed by atoms with E-state index in [-0.39, 0.29) is 1.43 Å². The van der Waals surface area contributed by atoms with E-state index in [0.29, 0.717) is 10.8 Å². The average molecular weight is 391 g/mol. The molecule has 3 fully saturated rings. The molecule has 0 saturated heterocycles. The number of allylic oxidation sites excluding steroid dienone is 2. The normalized spacial score (nSPS) is 41.4. The zero-order valence-corrected chi connectivity index (χ0v) is 20.7. The molecule has 0 aromatic heterocycles. The van der Waals surface area contributed by atoms with Crippen molar-refractivity contribution in [2.24, 2.45) is 40.4 Å². The van der Waals surface area contributed by atoms with E-state index in [4.69, 9.17) is 0 Å². The zero-order valence-electron chi connectivity index (χ0n) is 20.7. The Balaban J connectivity index is 0.000000794. The minimum atomic E-state index is 0. The molecule has 28 heavy (non-hydrogen) atoms. The zero-order chi connectivity index (χ0) is 20.9. The fourth-order valence-corrected chi connectivity index (χ4v) is 7.82. The summed E-state index contributed by atoms with van der Waals surface area (Å²) in [5.74, 6) is 4.96. The van der Waals surface area contributed by atoms with Crippen LogP contribution in [0.3, 0.4) is 0 Å². The third kappa shape index (κ3) is 4.27. The van der Waals surface area contributed by atoms with Gasteiger partial charge in [0.25, 0.3) is 0 Å². The van der Waals surface area contributed by atoms with E-state index in [9.17, 15) is 0 Å². The second-order valence-corrected chi connectivity index (χ2v) is 10.8.